The minimum absolute atomic E-state index is 0.132. The van der Waals surface area contributed by atoms with E-state index in [1.54, 1.807) is 0 Å². The number of hydrogen-bond acceptors (Lipinski definition) is 6. The van der Waals surface area contributed by atoms with Crippen LogP contribution in [0, 0.1) is 0 Å². The molecule has 0 radical (unpaired) electrons. The van der Waals surface area contributed by atoms with Gasteiger partial charge in [-0.05, 0) is 12.1 Å². The molecule has 0 unspecified atom stereocenters. The lowest BCUT2D eigenvalue weighted by Gasteiger charge is -2.15. The van der Waals surface area contributed by atoms with E-state index in [0.717, 1.165) is 12.1 Å². The van der Waals surface area contributed by atoms with Crippen molar-refractivity contribution in [2.24, 2.45) is 0 Å². The third-order valence-electron chi connectivity index (χ3n) is 2.04. The maximum Gasteiger partial charge on any atom is 0.312 e. The fourth-order valence-electron chi connectivity index (χ4n) is 1.27. The molecule has 84 valence electrons. The zero-order valence-corrected chi connectivity index (χ0v) is 8.10. The molecule has 0 saturated heterocycles. The number of hydrogen-bond donors (Lipinski definition) is 2. The van der Waals surface area contributed by atoms with Crippen LogP contribution in [0.25, 0.3) is 0 Å². The van der Waals surface area contributed by atoms with E-state index >= 15 is 0 Å². The minimum Gasteiger partial charge on any atom is -0.504 e. The normalized spacial score (nSPS) is 15.5. The van der Waals surface area contributed by atoms with Crippen molar-refractivity contribution < 1.29 is 29.3 Å². The van der Waals surface area contributed by atoms with Crippen molar-refractivity contribution in [1.29, 1.82) is 0 Å². The van der Waals surface area contributed by atoms with Gasteiger partial charge in [-0.25, -0.2) is 0 Å². The van der Waals surface area contributed by atoms with Crippen molar-refractivity contribution in [3.8, 4) is 23.0 Å². The van der Waals surface area contributed by atoms with E-state index < -0.39 is 11.9 Å². The van der Waals surface area contributed by atoms with Crippen LogP contribution in [0.2, 0.25) is 0 Å². The molecular formula is C10H8O6. The number of phenolic OH excluding ortho intramolecular Hbond substituents is 2. The molecule has 0 fully saturated rings. The number of aromatic hydroxyl groups is 2. The van der Waals surface area contributed by atoms with Crippen molar-refractivity contribution in [3.05, 3.63) is 12.1 Å². The zero-order chi connectivity index (χ0) is 11.7. The molecule has 0 spiro atoms. The van der Waals surface area contributed by atoms with Gasteiger partial charge in [0.15, 0.2) is 11.5 Å². The van der Waals surface area contributed by atoms with Crippen molar-refractivity contribution in [1.82, 2.24) is 0 Å². The van der Waals surface area contributed by atoms with Gasteiger partial charge in [-0.3, -0.25) is 9.59 Å². The average molecular weight is 224 g/mol. The highest BCUT2D eigenvalue weighted by Gasteiger charge is 2.24. The Morgan fingerprint density at radius 3 is 1.62 bits per heavy atom. The number of fused-ring (bicyclic) bond motifs is 1. The smallest absolute Gasteiger partial charge is 0.312 e. The molecule has 1 heterocycles. The third kappa shape index (κ3) is 1.77. The molecule has 1 aromatic carbocycles. The predicted octanol–water partition coefficient (Wildman–Crippen LogP) is 0.702. The van der Waals surface area contributed by atoms with Crippen LogP contribution in [0.3, 0.4) is 0 Å². The van der Waals surface area contributed by atoms with E-state index in [-0.39, 0.29) is 35.8 Å². The van der Waals surface area contributed by atoms with Gasteiger partial charge >= 0.3 is 11.9 Å². The highest BCUT2D eigenvalue weighted by atomic mass is 16.6. The van der Waals surface area contributed by atoms with Gasteiger partial charge < -0.3 is 19.7 Å². The van der Waals surface area contributed by atoms with Crippen LogP contribution in [0.15, 0.2) is 12.1 Å². The Balaban J connectivity index is 2.54. The molecule has 0 aromatic heterocycles. The molecule has 0 saturated carbocycles. The Morgan fingerprint density at radius 2 is 1.25 bits per heavy atom. The lowest BCUT2D eigenvalue weighted by molar-refractivity contribution is -0.142. The second-order valence-electron chi connectivity index (χ2n) is 3.21. The predicted molar refractivity (Wildman–Crippen MR) is 50.3 cm³/mol. The number of carbonyl (C=O) groups excluding carboxylic acids is 2. The fourth-order valence-corrected chi connectivity index (χ4v) is 1.27. The minimum atomic E-state index is -0.668. The van der Waals surface area contributed by atoms with Gasteiger partial charge in [0.1, 0.15) is 0 Å². The maximum absolute atomic E-state index is 11.2. The van der Waals surface area contributed by atoms with Crippen LogP contribution >= 0.6 is 0 Å². The first-order valence-electron chi connectivity index (χ1n) is 4.54. The first-order chi connectivity index (χ1) is 7.58. The number of ether oxygens (including phenoxy) is 2. The number of benzene rings is 1. The van der Waals surface area contributed by atoms with Crippen molar-refractivity contribution in [3.63, 3.8) is 0 Å². The summed E-state index contributed by atoms with van der Waals surface area (Å²) < 4.78 is 9.54. The van der Waals surface area contributed by atoms with Crippen LogP contribution in [0.1, 0.15) is 12.8 Å². The number of rotatable bonds is 0. The van der Waals surface area contributed by atoms with Gasteiger partial charge in [-0.15, -0.1) is 0 Å². The molecule has 2 N–H and O–H groups in total. The van der Waals surface area contributed by atoms with Gasteiger partial charge in [0.05, 0.1) is 12.8 Å². The Labute approximate surface area is 90.0 Å². The number of esters is 2. The zero-order valence-electron chi connectivity index (χ0n) is 8.10. The van der Waals surface area contributed by atoms with Gasteiger partial charge in [-0.2, -0.15) is 0 Å². The van der Waals surface area contributed by atoms with Crippen molar-refractivity contribution in [2.45, 2.75) is 12.8 Å². The van der Waals surface area contributed by atoms with E-state index in [4.69, 9.17) is 9.47 Å². The molecule has 0 bridgehead atoms. The SMILES string of the molecule is O=C1CCC(=O)Oc2c(O)ccc(O)c2O1. The summed E-state index contributed by atoms with van der Waals surface area (Å²) in [5.74, 6) is -2.76. The largest absolute Gasteiger partial charge is 0.504 e. The summed E-state index contributed by atoms with van der Waals surface area (Å²) in [5, 5.41) is 18.8. The second-order valence-corrected chi connectivity index (χ2v) is 3.21. The van der Waals surface area contributed by atoms with Gasteiger partial charge in [-0.1, -0.05) is 0 Å². The fraction of sp³-hybridized carbons (Fsp3) is 0.200. The van der Waals surface area contributed by atoms with Crippen LogP contribution in [0.5, 0.6) is 23.0 Å². The maximum atomic E-state index is 11.2. The van der Waals surface area contributed by atoms with E-state index in [1.807, 2.05) is 0 Å². The highest BCUT2D eigenvalue weighted by Crippen LogP contribution is 2.44. The van der Waals surface area contributed by atoms with Crippen LogP contribution in [-0.2, 0) is 9.59 Å². The van der Waals surface area contributed by atoms with Gasteiger partial charge in [0.25, 0.3) is 0 Å². The number of phenols is 2. The summed E-state index contributed by atoms with van der Waals surface area (Å²) in [6.45, 7) is 0. The Bertz CT molecular complexity index is 422. The lowest BCUT2D eigenvalue weighted by Crippen LogP contribution is -2.18. The topological polar surface area (TPSA) is 93.1 Å². The van der Waals surface area contributed by atoms with Crippen LogP contribution in [0.4, 0.5) is 0 Å². The summed E-state index contributed by atoms with van der Waals surface area (Å²) in [4.78, 5) is 22.4. The summed E-state index contributed by atoms with van der Waals surface area (Å²) in [6.07, 6.45) is -0.263. The molecule has 0 atom stereocenters. The Kier molecular flexibility index (Phi) is 2.40. The van der Waals surface area contributed by atoms with Crippen LogP contribution in [-0.4, -0.2) is 22.2 Å². The summed E-state index contributed by atoms with van der Waals surface area (Å²) in [5.41, 5.74) is 0. The molecule has 2 rings (SSSR count). The van der Waals surface area contributed by atoms with E-state index in [0.29, 0.717) is 0 Å². The standard InChI is InChI=1S/C10H8O6/c11-5-1-2-6(12)10-9(5)15-7(13)3-4-8(14)16-10/h1-2,11-12H,3-4H2. The molecule has 1 aliphatic rings. The second kappa shape index (κ2) is 3.73. The molecule has 16 heavy (non-hydrogen) atoms. The molecular weight excluding hydrogens is 216 g/mol. The molecule has 6 heteroatoms. The molecule has 0 aliphatic carbocycles. The molecule has 1 aromatic rings. The molecule has 0 amide bonds. The van der Waals surface area contributed by atoms with Gasteiger partial charge in [0.2, 0.25) is 11.5 Å². The Hall–Kier alpha value is -2.24. The van der Waals surface area contributed by atoms with E-state index in [1.165, 1.54) is 0 Å². The van der Waals surface area contributed by atoms with E-state index in [2.05, 4.69) is 0 Å². The first-order valence-corrected chi connectivity index (χ1v) is 4.54. The first kappa shape index (κ1) is 10.3. The monoisotopic (exact) mass is 224 g/mol. The molecule has 6 nitrogen and oxygen atoms in total. The quantitative estimate of drug-likeness (QED) is 0.383. The Morgan fingerprint density at radius 1 is 0.875 bits per heavy atom. The average Bonchev–Trinajstić information content (AvgIpc) is 2.23. The van der Waals surface area contributed by atoms with Gasteiger partial charge in [0, 0.05) is 0 Å². The third-order valence-corrected chi connectivity index (χ3v) is 2.04. The number of carbonyl (C=O) groups is 2. The van der Waals surface area contributed by atoms with Crippen molar-refractivity contribution in [2.75, 3.05) is 0 Å². The van der Waals surface area contributed by atoms with Crippen LogP contribution < -0.4 is 9.47 Å². The summed E-state index contributed by atoms with van der Waals surface area (Å²) in [6, 6.07) is 2.27. The van der Waals surface area contributed by atoms with Crippen molar-refractivity contribution >= 4 is 11.9 Å². The van der Waals surface area contributed by atoms with E-state index in [9.17, 15) is 19.8 Å². The summed E-state index contributed by atoms with van der Waals surface area (Å²) >= 11 is 0. The lowest BCUT2D eigenvalue weighted by atomic mass is 10.2. The highest BCUT2D eigenvalue weighted by molar-refractivity contribution is 5.84. The summed E-state index contributed by atoms with van der Waals surface area (Å²) in [7, 11) is 0. The molecule has 1 aliphatic heterocycles.